The molecule has 4 atom stereocenters. The summed E-state index contributed by atoms with van der Waals surface area (Å²) in [6, 6.07) is 4.43. The molecule has 0 heterocycles. The molecular formula is C17H23ClF2N2O3. The maximum Gasteiger partial charge on any atom is 0.387 e. The van der Waals surface area contributed by atoms with Crippen LogP contribution in [0.25, 0.3) is 0 Å². The third-order valence-corrected chi connectivity index (χ3v) is 5.22. The Morgan fingerprint density at radius 3 is 2.68 bits per heavy atom. The van der Waals surface area contributed by atoms with Crippen molar-refractivity contribution in [1.82, 2.24) is 5.32 Å². The highest BCUT2D eigenvalue weighted by Gasteiger charge is 2.48. The molecule has 2 aliphatic rings. The number of alkyl halides is 2. The number of carbonyl (C=O) groups is 1. The molecule has 3 N–H and O–H groups in total. The summed E-state index contributed by atoms with van der Waals surface area (Å²) < 4.78 is 34.7. The maximum atomic E-state index is 12.5. The molecule has 140 valence electrons. The van der Waals surface area contributed by atoms with Gasteiger partial charge in [0.2, 0.25) is 5.91 Å². The van der Waals surface area contributed by atoms with Gasteiger partial charge in [0, 0.05) is 18.2 Å². The number of fused-ring (bicyclic) bond motifs is 2. The van der Waals surface area contributed by atoms with Crippen LogP contribution < -0.4 is 20.5 Å². The van der Waals surface area contributed by atoms with Crippen molar-refractivity contribution in [3.8, 4) is 11.5 Å². The Morgan fingerprint density at radius 1 is 1.36 bits per heavy atom. The molecular weight excluding hydrogens is 354 g/mol. The minimum atomic E-state index is -2.92. The van der Waals surface area contributed by atoms with Gasteiger partial charge in [-0.1, -0.05) is 0 Å². The molecule has 2 saturated carbocycles. The fourth-order valence-corrected chi connectivity index (χ4v) is 4.06. The quantitative estimate of drug-likeness (QED) is 0.800. The van der Waals surface area contributed by atoms with Gasteiger partial charge >= 0.3 is 6.61 Å². The largest absolute Gasteiger partial charge is 0.497 e. The predicted molar refractivity (Wildman–Crippen MR) is 91.0 cm³/mol. The average molecular weight is 377 g/mol. The van der Waals surface area contributed by atoms with Crippen molar-refractivity contribution in [2.75, 3.05) is 7.11 Å². The number of carbonyl (C=O) groups excluding carboxylic acids is 1. The van der Waals surface area contributed by atoms with Crippen molar-refractivity contribution in [1.29, 1.82) is 0 Å². The van der Waals surface area contributed by atoms with Gasteiger partial charge in [0.15, 0.2) is 0 Å². The van der Waals surface area contributed by atoms with Gasteiger partial charge in [0.25, 0.3) is 0 Å². The molecule has 4 unspecified atom stereocenters. The van der Waals surface area contributed by atoms with Crippen molar-refractivity contribution in [2.45, 2.75) is 38.5 Å². The van der Waals surface area contributed by atoms with Crippen LogP contribution in [0, 0.1) is 17.8 Å². The normalized spacial score (nSPS) is 27.1. The van der Waals surface area contributed by atoms with Gasteiger partial charge in [-0.3, -0.25) is 4.79 Å². The second kappa shape index (κ2) is 8.19. The Morgan fingerprint density at radius 2 is 2.08 bits per heavy atom. The maximum absolute atomic E-state index is 12.5. The van der Waals surface area contributed by atoms with Gasteiger partial charge in [-0.25, -0.2) is 0 Å². The van der Waals surface area contributed by atoms with Crippen LogP contribution in [0.3, 0.4) is 0 Å². The minimum absolute atomic E-state index is 0. The first-order valence-electron chi connectivity index (χ1n) is 8.14. The van der Waals surface area contributed by atoms with Crippen LogP contribution in [0.5, 0.6) is 11.5 Å². The first-order chi connectivity index (χ1) is 11.5. The topological polar surface area (TPSA) is 73.6 Å². The summed E-state index contributed by atoms with van der Waals surface area (Å²) in [6.45, 7) is -2.83. The van der Waals surface area contributed by atoms with E-state index in [0.717, 1.165) is 19.3 Å². The van der Waals surface area contributed by atoms with E-state index in [9.17, 15) is 13.6 Å². The van der Waals surface area contributed by atoms with E-state index in [1.165, 1.54) is 19.2 Å². The van der Waals surface area contributed by atoms with E-state index in [-0.39, 0.29) is 42.6 Å². The summed E-state index contributed by atoms with van der Waals surface area (Å²) in [5.41, 5.74) is 6.61. The smallest absolute Gasteiger partial charge is 0.387 e. The summed E-state index contributed by atoms with van der Waals surface area (Å²) in [6.07, 6.45) is 3.14. The third kappa shape index (κ3) is 4.15. The van der Waals surface area contributed by atoms with Crippen LogP contribution >= 0.6 is 12.4 Å². The molecule has 5 nitrogen and oxygen atoms in total. The molecule has 0 aromatic heterocycles. The molecule has 3 rings (SSSR count). The van der Waals surface area contributed by atoms with Crippen LogP contribution in [0.2, 0.25) is 0 Å². The second-order valence-corrected chi connectivity index (χ2v) is 6.51. The molecule has 0 radical (unpaired) electrons. The van der Waals surface area contributed by atoms with E-state index in [1.807, 2.05) is 0 Å². The fourth-order valence-electron chi connectivity index (χ4n) is 4.06. The van der Waals surface area contributed by atoms with Crippen LogP contribution in [-0.2, 0) is 11.3 Å². The highest BCUT2D eigenvalue weighted by molar-refractivity contribution is 5.85. The van der Waals surface area contributed by atoms with E-state index in [2.05, 4.69) is 10.1 Å². The summed E-state index contributed by atoms with van der Waals surface area (Å²) in [4.78, 5) is 12.5. The number of hydrogen-bond donors (Lipinski definition) is 2. The number of nitrogens with two attached hydrogens (primary N) is 1. The Kier molecular flexibility index (Phi) is 6.46. The van der Waals surface area contributed by atoms with Gasteiger partial charge in [0.1, 0.15) is 11.5 Å². The molecule has 1 aromatic rings. The van der Waals surface area contributed by atoms with E-state index in [4.69, 9.17) is 10.5 Å². The molecule has 0 saturated heterocycles. The molecule has 1 amide bonds. The van der Waals surface area contributed by atoms with Crippen LogP contribution in [-0.4, -0.2) is 25.7 Å². The Balaban J connectivity index is 0.00000225. The van der Waals surface area contributed by atoms with Crippen LogP contribution in [0.1, 0.15) is 24.8 Å². The number of halogens is 3. The SMILES string of the molecule is COc1ccc(OC(F)F)c(CNC(=O)C2C3CCC(C3)C2N)c1.Cl. The van der Waals surface area contributed by atoms with Crippen LogP contribution in [0.4, 0.5) is 8.78 Å². The fraction of sp³-hybridized carbons (Fsp3) is 0.588. The summed E-state index contributed by atoms with van der Waals surface area (Å²) in [5.74, 6) is 1.02. The minimum Gasteiger partial charge on any atom is -0.497 e. The van der Waals surface area contributed by atoms with Gasteiger partial charge < -0.3 is 20.5 Å². The average Bonchev–Trinajstić information content (AvgIpc) is 3.14. The first kappa shape index (κ1) is 19.7. The lowest BCUT2D eigenvalue weighted by molar-refractivity contribution is -0.127. The first-order valence-corrected chi connectivity index (χ1v) is 8.14. The molecule has 0 spiro atoms. The summed E-state index contributed by atoms with van der Waals surface area (Å²) in [7, 11) is 1.49. The molecule has 2 bridgehead atoms. The van der Waals surface area contributed by atoms with Crippen LogP contribution in [0.15, 0.2) is 18.2 Å². The zero-order valence-corrected chi connectivity index (χ0v) is 14.7. The summed E-state index contributed by atoms with van der Waals surface area (Å²) in [5, 5.41) is 2.82. The van der Waals surface area contributed by atoms with E-state index in [1.54, 1.807) is 6.07 Å². The Hall–Kier alpha value is -1.60. The van der Waals surface area contributed by atoms with Gasteiger partial charge in [0.05, 0.1) is 13.0 Å². The lowest BCUT2D eigenvalue weighted by atomic mass is 9.84. The molecule has 25 heavy (non-hydrogen) atoms. The number of amides is 1. The molecule has 0 aliphatic heterocycles. The molecule has 2 fully saturated rings. The van der Waals surface area contributed by atoms with Crippen molar-refractivity contribution in [3.05, 3.63) is 23.8 Å². The monoisotopic (exact) mass is 376 g/mol. The number of benzene rings is 1. The number of methoxy groups -OCH3 is 1. The molecule has 2 aliphatic carbocycles. The second-order valence-electron chi connectivity index (χ2n) is 6.51. The predicted octanol–water partition coefficient (Wildman–Crippen LogP) is 2.71. The Bertz CT molecular complexity index is 616. The van der Waals surface area contributed by atoms with Crippen molar-refractivity contribution in [2.24, 2.45) is 23.5 Å². The van der Waals surface area contributed by atoms with E-state index >= 15 is 0 Å². The van der Waals surface area contributed by atoms with Crippen molar-refractivity contribution in [3.63, 3.8) is 0 Å². The highest BCUT2D eigenvalue weighted by Crippen LogP contribution is 2.47. The number of hydrogen-bond acceptors (Lipinski definition) is 4. The zero-order valence-electron chi connectivity index (χ0n) is 13.9. The lowest BCUT2D eigenvalue weighted by Crippen LogP contribution is -2.45. The number of ether oxygens (including phenoxy) is 2. The third-order valence-electron chi connectivity index (χ3n) is 5.22. The summed E-state index contributed by atoms with van der Waals surface area (Å²) >= 11 is 0. The van der Waals surface area contributed by atoms with E-state index in [0.29, 0.717) is 23.1 Å². The number of rotatable bonds is 6. The lowest BCUT2D eigenvalue weighted by Gasteiger charge is -2.27. The Labute approximate surface area is 151 Å². The highest BCUT2D eigenvalue weighted by atomic mass is 35.5. The zero-order chi connectivity index (χ0) is 17.3. The standard InChI is InChI=1S/C17H22F2N2O3.ClH/c1-23-12-4-5-13(24-17(18)19)11(7-12)8-21-16(22)14-9-2-3-10(6-9)15(14)20;/h4-5,7,9-10,14-15,17H,2-3,6,8,20H2,1H3,(H,21,22);1H. The molecule has 1 aromatic carbocycles. The van der Waals surface area contributed by atoms with Gasteiger partial charge in [-0.15, -0.1) is 12.4 Å². The number of nitrogens with one attached hydrogen (secondary N) is 1. The van der Waals surface area contributed by atoms with Crippen molar-refractivity contribution >= 4 is 18.3 Å². The van der Waals surface area contributed by atoms with Crippen molar-refractivity contribution < 1.29 is 23.0 Å². The van der Waals surface area contributed by atoms with E-state index < -0.39 is 6.61 Å². The van der Waals surface area contributed by atoms with Gasteiger partial charge in [-0.05, 0) is 49.3 Å². The van der Waals surface area contributed by atoms with Gasteiger partial charge in [-0.2, -0.15) is 8.78 Å². The molecule has 8 heteroatoms.